The fourth-order valence-electron chi connectivity index (χ4n) is 10.7. The minimum absolute atomic E-state index is 0.0198. The molecule has 1 aliphatic carbocycles. The number of quaternary nitrogens is 1. The van der Waals surface area contributed by atoms with Crippen LogP contribution in [0.3, 0.4) is 0 Å². The molecule has 0 aromatic heterocycles. The first-order valence-corrected chi connectivity index (χ1v) is 29.5. The fourth-order valence-corrected chi connectivity index (χ4v) is 17.8. The number of allylic oxidation sites excluding steroid dienone is 1. The van der Waals surface area contributed by atoms with Crippen molar-refractivity contribution in [3.05, 3.63) is 58.7 Å². The molecule has 7 aliphatic heterocycles. The number of nitrogens with one attached hydrogen (secondary N) is 3. The van der Waals surface area contributed by atoms with Crippen molar-refractivity contribution in [1.82, 2.24) is 10.6 Å². The molecule has 7 heterocycles. The van der Waals surface area contributed by atoms with Gasteiger partial charge >= 0.3 is 11.9 Å². The predicted octanol–water partition coefficient (Wildman–Crippen LogP) is -1.81. The standard InChI is InChI=1S/C48H67N7O15S4/c1-24(2)67-39-44(69-35(21-59)38(60)48(39,64)65)70-43-29-5-3-14-71-74-47(16-28-9-12-52-45(49)53-28)10-8-25-15-27-17-55(18-30(41(61)62)37(27)54-46(50)51-11-4-13-56)33(20-58)40(47)73-72-23-32-26(19-57)6-7-34(32)68-42(63)31(22-66-43)36(25)29/h3,5,15,18,22,24,26,28-29,32-36,38-40,43-44,56-60,64-65H,4,6-7,9,11-14,16-17,19-21,23H2,1-2H3,(H,61,62)(H3,49,52,53)(H3,50,51,54)/p+1/b5-3+,25-15+/t26-,28+,29+,32-,33-,34+,35+,36-,38+,39-,40-,43-,44-,47+/m0/s1. The lowest BCUT2D eigenvalue weighted by molar-refractivity contribution is -0.870. The Balaban J connectivity index is 1.40. The number of hydrogen-bond donors (Lipinski definition) is 13. The van der Waals surface area contributed by atoms with Crippen LogP contribution in [-0.4, -0.2) is 193 Å². The summed E-state index contributed by atoms with van der Waals surface area (Å²) in [5, 5.41) is 92.9. The third-order valence-corrected chi connectivity index (χ3v) is 20.5. The SMILES string of the molecule is CC(C)O[C@H]1[C@H](O[C@@H]2OC=C3C(=O)O[C@@H]4CC[C@@H](CO)[C@@H]4CSS[C@H]4[C@H](CO)[NH+]5C=C(C(=O)O)C(NC(N)=NCCCO)=C(/C=C6\C#C[C@]4(C[C@H]4CCN=C(N)N4)SSC/C=C/[C@@H]2[C@@H]36)C5)O[C@H](CO)[C@@H](O)C1(O)O. The molecule has 408 valence electrons. The number of carbonyl (C=O) groups is 2. The molecule has 0 aromatic rings. The van der Waals surface area contributed by atoms with Gasteiger partial charge in [0.15, 0.2) is 24.3 Å². The molecular weight excluding hydrogens is 1040 g/mol. The number of nitrogens with zero attached hydrogens (tertiary/aromatic N) is 2. The molecule has 1 saturated carbocycles. The summed E-state index contributed by atoms with van der Waals surface area (Å²) in [6.45, 7) is 2.44. The lowest BCUT2D eigenvalue weighted by atomic mass is 9.76. The first kappa shape index (κ1) is 56.7. The number of aliphatic imine (C=N–C) groups is 2. The van der Waals surface area contributed by atoms with E-state index in [9.17, 15) is 45.6 Å². The van der Waals surface area contributed by atoms with Crippen molar-refractivity contribution < 1.29 is 79.0 Å². The third-order valence-electron chi connectivity index (χ3n) is 14.4. The number of nitrogens with two attached hydrogens (primary N) is 2. The molecule has 0 aromatic carbocycles. The molecule has 0 amide bonds. The normalized spacial score (nSPS) is 38.3. The molecule has 1 unspecified atom stereocenters. The second kappa shape index (κ2) is 24.9. The lowest BCUT2D eigenvalue weighted by Crippen LogP contribution is -3.14. The van der Waals surface area contributed by atoms with Crippen LogP contribution in [-0.2, 0) is 33.3 Å². The average Bonchev–Trinajstić information content (AvgIpc) is 3.73. The highest BCUT2D eigenvalue weighted by Crippen LogP contribution is 2.52. The molecule has 6 bridgehead atoms. The lowest BCUT2D eigenvalue weighted by Gasteiger charge is -2.48. The Hall–Kier alpha value is -3.50. The van der Waals surface area contributed by atoms with E-state index < -0.39 is 95.3 Å². The Kier molecular flexibility index (Phi) is 19.1. The van der Waals surface area contributed by atoms with Gasteiger partial charge in [-0.2, -0.15) is 0 Å². The van der Waals surface area contributed by atoms with Crippen LogP contribution in [0.15, 0.2) is 68.7 Å². The molecule has 26 heteroatoms. The van der Waals surface area contributed by atoms with Crippen LogP contribution >= 0.6 is 43.2 Å². The maximum Gasteiger partial charge on any atom is 0.343 e. The number of carboxylic acids is 1. The number of esters is 1. The van der Waals surface area contributed by atoms with Gasteiger partial charge in [-0.15, -0.1) is 0 Å². The van der Waals surface area contributed by atoms with E-state index in [-0.39, 0.29) is 79.6 Å². The molecule has 15 N–H and O–H groups in total. The monoisotopic (exact) mass is 1110 g/mol. The summed E-state index contributed by atoms with van der Waals surface area (Å²) in [6, 6.07) is -0.926. The smallest absolute Gasteiger partial charge is 0.343 e. The molecule has 2 fully saturated rings. The van der Waals surface area contributed by atoms with Gasteiger partial charge in [0.1, 0.15) is 47.4 Å². The number of aliphatic hydroxyl groups is 7. The first-order chi connectivity index (χ1) is 35.5. The highest BCUT2D eigenvalue weighted by Gasteiger charge is 2.58. The van der Waals surface area contributed by atoms with Gasteiger partial charge in [0.05, 0.1) is 48.0 Å². The van der Waals surface area contributed by atoms with Crippen LogP contribution in [0.25, 0.3) is 0 Å². The van der Waals surface area contributed by atoms with E-state index >= 15 is 4.79 Å². The van der Waals surface area contributed by atoms with Crippen molar-refractivity contribution in [3.8, 4) is 11.8 Å². The number of carboxylic acid groups (broad SMARTS) is 1. The number of rotatable bonds is 14. The van der Waals surface area contributed by atoms with Crippen molar-refractivity contribution in [3.63, 3.8) is 0 Å². The highest BCUT2D eigenvalue weighted by molar-refractivity contribution is 8.79. The zero-order valence-corrected chi connectivity index (χ0v) is 44.3. The van der Waals surface area contributed by atoms with Gasteiger partial charge in [-0.05, 0) is 57.9 Å². The van der Waals surface area contributed by atoms with Gasteiger partial charge in [0, 0.05) is 66.8 Å². The Bertz CT molecular complexity index is 2360. The fraction of sp³-hybridized carbons (Fsp3) is 0.667. The number of guanidine groups is 2. The van der Waals surface area contributed by atoms with Crippen LogP contribution < -0.4 is 27.0 Å². The molecule has 8 rings (SSSR count). The summed E-state index contributed by atoms with van der Waals surface area (Å²) in [6.07, 6.45) is 0.815. The maximum atomic E-state index is 15.2. The van der Waals surface area contributed by atoms with Crippen LogP contribution in [0, 0.1) is 35.5 Å². The largest absolute Gasteiger partial charge is 0.477 e. The van der Waals surface area contributed by atoms with E-state index in [1.807, 2.05) is 6.08 Å². The summed E-state index contributed by atoms with van der Waals surface area (Å²) >= 11 is 0. The molecule has 0 spiro atoms. The Morgan fingerprint density at radius 1 is 1.14 bits per heavy atom. The number of hydrogen-bond acceptors (Lipinski definition) is 22. The number of aliphatic carboxylic acids is 1. The van der Waals surface area contributed by atoms with Gasteiger partial charge in [0.25, 0.3) is 0 Å². The van der Waals surface area contributed by atoms with E-state index in [2.05, 4.69) is 32.5 Å². The van der Waals surface area contributed by atoms with Crippen molar-refractivity contribution >= 4 is 67.0 Å². The van der Waals surface area contributed by atoms with Crippen molar-refractivity contribution in [2.24, 2.45) is 45.1 Å². The van der Waals surface area contributed by atoms with E-state index in [1.165, 1.54) is 49.4 Å². The summed E-state index contributed by atoms with van der Waals surface area (Å²) in [5.41, 5.74) is 13.3. The molecule has 1 saturated heterocycles. The van der Waals surface area contributed by atoms with Crippen LogP contribution in [0.1, 0.15) is 46.0 Å². The Morgan fingerprint density at radius 2 is 1.95 bits per heavy atom. The minimum Gasteiger partial charge on any atom is -0.477 e. The summed E-state index contributed by atoms with van der Waals surface area (Å²) in [4.78, 5) is 38.1. The highest BCUT2D eigenvalue weighted by atomic mass is 33.1. The number of carbonyl (C=O) groups excluding carboxylic acids is 1. The third kappa shape index (κ3) is 12.3. The molecule has 0 radical (unpaired) electrons. The molecule has 15 atom stereocenters. The average molecular weight is 1110 g/mol. The second-order valence-electron chi connectivity index (χ2n) is 19.7. The van der Waals surface area contributed by atoms with Gasteiger partial charge < -0.3 is 86.6 Å². The minimum atomic E-state index is -2.99. The van der Waals surface area contributed by atoms with Crippen molar-refractivity contribution in [2.45, 2.75) is 117 Å². The predicted molar refractivity (Wildman–Crippen MR) is 278 cm³/mol. The van der Waals surface area contributed by atoms with Crippen LogP contribution in [0.2, 0.25) is 0 Å². The Labute approximate surface area is 444 Å². The van der Waals surface area contributed by atoms with E-state index in [0.29, 0.717) is 66.2 Å². The van der Waals surface area contributed by atoms with Crippen molar-refractivity contribution in [1.29, 1.82) is 0 Å². The maximum absolute atomic E-state index is 15.2. The van der Waals surface area contributed by atoms with E-state index in [1.54, 1.807) is 32.2 Å². The van der Waals surface area contributed by atoms with Gasteiger partial charge in [0.2, 0.25) is 12.1 Å². The molecule has 8 aliphatic rings. The second-order valence-corrected chi connectivity index (χ2v) is 24.9. The number of fused-ring (bicyclic) bond motifs is 3. The number of aliphatic hydroxyl groups excluding tert-OH is 5. The molecule has 22 nitrogen and oxygen atoms in total. The topological polar surface area (TPSA) is 347 Å². The molecule has 74 heavy (non-hydrogen) atoms. The van der Waals surface area contributed by atoms with Crippen LogP contribution in [0.5, 0.6) is 0 Å². The zero-order valence-electron chi connectivity index (χ0n) is 41.0. The van der Waals surface area contributed by atoms with Gasteiger partial charge in [-0.3, -0.25) is 14.9 Å². The summed E-state index contributed by atoms with van der Waals surface area (Å²) in [7, 11) is 6.10. The Morgan fingerprint density at radius 3 is 2.66 bits per heavy atom. The van der Waals surface area contributed by atoms with E-state index in [0.717, 1.165) is 0 Å². The first-order valence-electron chi connectivity index (χ1n) is 24.8. The number of ether oxygens (including phenoxy) is 5. The summed E-state index contributed by atoms with van der Waals surface area (Å²) in [5.74, 6) is 0.588. The summed E-state index contributed by atoms with van der Waals surface area (Å²) < 4.78 is 30.3. The molecular formula is C48H68N7O15S4+. The quantitative estimate of drug-likeness (QED) is 0.0133. The van der Waals surface area contributed by atoms with Gasteiger partial charge in [-0.25, -0.2) is 9.59 Å². The van der Waals surface area contributed by atoms with Crippen molar-refractivity contribution in [2.75, 3.05) is 57.6 Å². The van der Waals surface area contributed by atoms with Crippen LogP contribution in [0.4, 0.5) is 0 Å². The zero-order chi connectivity index (χ0) is 52.9. The van der Waals surface area contributed by atoms with E-state index in [4.69, 9.17) is 35.2 Å². The van der Waals surface area contributed by atoms with Gasteiger partial charge in [-0.1, -0.05) is 67.2 Å².